The third-order valence-electron chi connectivity index (χ3n) is 6.18. The standard InChI is InChI=1S/C26H29N7O2/c1-3-4-5-6-13-32-25(35)21-16-27-26(30-24(21)33(32)22-8-7-9-23(34)29-22)28-20-11-10-18-12-14-31(2)17-19(18)15-20/h5-11,15-16H,3-4,12-14,17H2,1-2H3,(H,29,34)(H,27,28,30)/b6-5-. The Labute approximate surface area is 203 Å². The summed E-state index contributed by atoms with van der Waals surface area (Å²) in [6.07, 6.45) is 8.56. The molecule has 0 saturated carbocycles. The molecule has 180 valence electrons. The molecule has 1 aromatic carbocycles. The van der Waals surface area contributed by atoms with Gasteiger partial charge in [-0.15, -0.1) is 0 Å². The molecule has 9 heteroatoms. The van der Waals surface area contributed by atoms with Crippen molar-refractivity contribution in [2.24, 2.45) is 0 Å². The Hall–Kier alpha value is -3.98. The highest BCUT2D eigenvalue weighted by Gasteiger charge is 2.19. The SMILES string of the molecule is CCC/C=C\Cn1c(=O)c2cnc(Nc3ccc4c(c3)CN(C)CC4)nc2n1-c1cccc(O)n1. The zero-order valence-electron chi connectivity index (χ0n) is 20.0. The molecule has 0 saturated heterocycles. The Morgan fingerprint density at radius 3 is 2.86 bits per heavy atom. The smallest absolute Gasteiger partial charge is 0.278 e. The first-order chi connectivity index (χ1) is 17.0. The maximum Gasteiger partial charge on any atom is 0.278 e. The second kappa shape index (κ2) is 9.71. The van der Waals surface area contributed by atoms with Gasteiger partial charge in [0.1, 0.15) is 5.39 Å². The second-order valence-corrected chi connectivity index (χ2v) is 8.84. The van der Waals surface area contributed by atoms with Gasteiger partial charge in [-0.3, -0.25) is 4.79 Å². The van der Waals surface area contributed by atoms with Crippen LogP contribution in [0.25, 0.3) is 16.9 Å². The van der Waals surface area contributed by atoms with E-state index in [9.17, 15) is 9.90 Å². The fourth-order valence-corrected chi connectivity index (χ4v) is 4.38. The van der Waals surface area contributed by atoms with Crippen LogP contribution in [0.15, 0.2) is 59.5 Å². The molecule has 3 aromatic heterocycles. The molecule has 0 spiro atoms. The number of nitrogens with one attached hydrogen (secondary N) is 1. The lowest BCUT2D eigenvalue weighted by molar-refractivity contribution is 0.313. The summed E-state index contributed by atoms with van der Waals surface area (Å²) in [6.45, 7) is 4.43. The predicted molar refractivity (Wildman–Crippen MR) is 136 cm³/mol. The molecule has 5 rings (SSSR count). The van der Waals surface area contributed by atoms with E-state index in [1.807, 2.05) is 12.1 Å². The number of nitrogens with zero attached hydrogens (tertiary/aromatic N) is 6. The summed E-state index contributed by atoms with van der Waals surface area (Å²) in [4.78, 5) is 28.9. The van der Waals surface area contributed by atoms with Gasteiger partial charge < -0.3 is 15.3 Å². The Balaban J connectivity index is 1.56. The van der Waals surface area contributed by atoms with Gasteiger partial charge in [0.2, 0.25) is 11.8 Å². The van der Waals surface area contributed by atoms with Crippen LogP contribution in [0, 0.1) is 0 Å². The van der Waals surface area contributed by atoms with Crippen LogP contribution in [0.1, 0.15) is 30.9 Å². The fraction of sp³-hybridized carbons (Fsp3) is 0.308. The molecule has 2 N–H and O–H groups in total. The highest BCUT2D eigenvalue weighted by atomic mass is 16.3. The Morgan fingerprint density at radius 2 is 2.03 bits per heavy atom. The third kappa shape index (κ3) is 4.67. The van der Waals surface area contributed by atoms with Crippen molar-refractivity contribution in [1.29, 1.82) is 0 Å². The first kappa shape index (κ1) is 22.8. The van der Waals surface area contributed by atoms with E-state index in [-0.39, 0.29) is 11.4 Å². The number of pyridine rings is 1. The maximum absolute atomic E-state index is 13.2. The normalized spacial score (nSPS) is 14.0. The molecule has 0 bridgehead atoms. The van der Waals surface area contributed by atoms with Gasteiger partial charge in [-0.05, 0) is 49.2 Å². The van der Waals surface area contributed by atoms with Crippen molar-refractivity contribution >= 4 is 22.7 Å². The molecule has 0 amide bonds. The lowest BCUT2D eigenvalue weighted by Gasteiger charge is -2.25. The van der Waals surface area contributed by atoms with Crippen LogP contribution < -0.4 is 10.9 Å². The zero-order chi connectivity index (χ0) is 24.4. The number of unbranched alkanes of at least 4 members (excludes halogenated alkanes) is 1. The summed E-state index contributed by atoms with van der Waals surface area (Å²) in [6, 6.07) is 11.2. The predicted octanol–water partition coefficient (Wildman–Crippen LogP) is 3.77. The van der Waals surface area contributed by atoms with Crippen molar-refractivity contribution in [3.63, 3.8) is 0 Å². The van der Waals surface area contributed by atoms with Gasteiger partial charge in [0.05, 0.1) is 6.54 Å². The zero-order valence-corrected chi connectivity index (χ0v) is 20.0. The van der Waals surface area contributed by atoms with Crippen molar-refractivity contribution < 1.29 is 5.11 Å². The van der Waals surface area contributed by atoms with Crippen LogP contribution >= 0.6 is 0 Å². The molecule has 35 heavy (non-hydrogen) atoms. The number of rotatable bonds is 7. The summed E-state index contributed by atoms with van der Waals surface area (Å²) in [5, 5.41) is 13.7. The Kier molecular flexibility index (Phi) is 6.33. The number of hydrogen-bond acceptors (Lipinski definition) is 7. The topological polar surface area (TPSA) is 101 Å². The number of fused-ring (bicyclic) bond motifs is 2. The molecule has 0 radical (unpaired) electrons. The number of allylic oxidation sites excluding steroid dienone is 2. The quantitative estimate of drug-likeness (QED) is 0.396. The van der Waals surface area contributed by atoms with Gasteiger partial charge in [-0.1, -0.05) is 37.6 Å². The number of anilines is 2. The minimum atomic E-state index is -0.213. The molecule has 0 atom stereocenters. The minimum Gasteiger partial charge on any atom is -0.493 e. The molecule has 0 aliphatic carbocycles. The molecule has 4 aromatic rings. The van der Waals surface area contributed by atoms with E-state index in [1.165, 1.54) is 17.2 Å². The number of hydrogen-bond donors (Lipinski definition) is 2. The first-order valence-electron chi connectivity index (χ1n) is 11.9. The minimum absolute atomic E-state index is 0.128. The van der Waals surface area contributed by atoms with E-state index in [4.69, 9.17) is 4.98 Å². The lowest BCUT2D eigenvalue weighted by Crippen LogP contribution is -2.26. The van der Waals surface area contributed by atoms with Crippen LogP contribution in [-0.2, 0) is 19.5 Å². The second-order valence-electron chi connectivity index (χ2n) is 8.84. The van der Waals surface area contributed by atoms with Gasteiger partial charge in [-0.2, -0.15) is 9.97 Å². The average Bonchev–Trinajstić information content (AvgIpc) is 3.12. The number of benzene rings is 1. The molecule has 4 heterocycles. The molecule has 0 unspecified atom stereocenters. The van der Waals surface area contributed by atoms with Crippen LogP contribution in [0.2, 0.25) is 0 Å². The Morgan fingerprint density at radius 1 is 1.14 bits per heavy atom. The molecule has 1 aliphatic rings. The fourth-order valence-electron chi connectivity index (χ4n) is 4.38. The van der Waals surface area contributed by atoms with Crippen molar-refractivity contribution in [3.8, 4) is 11.7 Å². The summed E-state index contributed by atoms with van der Waals surface area (Å²) in [7, 11) is 2.12. The third-order valence-corrected chi connectivity index (χ3v) is 6.18. The van der Waals surface area contributed by atoms with Crippen LogP contribution in [0.3, 0.4) is 0 Å². The van der Waals surface area contributed by atoms with Crippen LogP contribution in [0.4, 0.5) is 11.6 Å². The number of aromatic hydroxyl groups is 1. The van der Waals surface area contributed by atoms with Crippen molar-refractivity contribution in [1.82, 2.24) is 29.2 Å². The van der Waals surface area contributed by atoms with Crippen LogP contribution in [0.5, 0.6) is 5.88 Å². The average molecular weight is 472 g/mol. The first-order valence-corrected chi connectivity index (χ1v) is 11.9. The Bertz CT molecular complexity index is 1450. The number of likely N-dealkylation sites (N-methyl/N-ethyl adjacent to an activating group) is 1. The van der Waals surface area contributed by atoms with Gasteiger partial charge in [0.15, 0.2) is 11.5 Å². The van der Waals surface area contributed by atoms with Crippen LogP contribution in [-0.4, -0.2) is 47.9 Å². The molecular formula is C26H29N7O2. The van der Waals surface area contributed by atoms with E-state index in [1.54, 1.807) is 27.7 Å². The van der Waals surface area contributed by atoms with Gasteiger partial charge in [0, 0.05) is 31.0 Å². The van der Waals surface area contributed by atoms with Gasteiger partial charge in [-0.25, -0.2) is 14.3 Å². The highest BCUT2D eigenvalue weighted by Crippen LogP contribution is 2.24. The van der Waals surface area contributed by atoms with Gasteiger partial charge in [0.25, 0.3) is 5.56 Å². The van der Waals surface area contributed by atoms with Crippen molar-refractivity contribution in [2.45, 2.75) is 39.3 Å². The van der Waals surface area contributed by atoms with Crippen molar-refractivity contribution in [3.05, 3.63) is 76.2 Å². The monoisotopic (exact) mass is 471 g/mol. The molecular weight excluding hydrogens is 442 g/mol. The summed E-state index contributed by atoms with van der Waals surface area (Å²) in [5.74, 6) is 0.660. The number of aromatic nitrogens is 5. The summed E-state index contributed by atoms with van der Waals surface area (Å²) >= 11 is 0. The van der Waals surface area contributed by atoms with E-state index < -0.39 is 0 Å². The van der Waals surface area contributed by atoms with E-state index in [2.05, 4.69) is 52.4 Å². The van der Waals surface area contributed by atoms with E-state index in [0.29, 0.717) is 29.3 Å². The summed E-state index contributed by atoms with van der Waals surface area (Å²) < 4.78 is 3.20. The van der Waals surface area contributed by atoms with Crippen molar-refractivity contribution in [2.75, 3.05) is 18.9 Å². The highest BCUT2D eigenvalue weighted by molar-refractivity contribution is 5.77. The summed E-state index contributed by atoms with van der Waals surface area (Å²) in [5.41, 5.74) is 3.75. The lowest BCUT2D eigenvalue weighted by atomic mass is 9.99. The maximum atomic E-state index is 13.2. The van der Waals surface area contributed by atoms with E-state index >= 15 is 0 Å². The molecule has 1 aliphatic heterocycles. The largest absolute Gasteiger partial charge is 0.493 e. The molecule has 0 fully saturated rings. The van der Waals surface area contributed by atoms with E-state index in [0.717, 1.165) is 38.0 Å². The molecule has 9 nitrogen and oxygen atoms in total. The van der Waals surface area contributed by atoms with Gasteiger partial charge >= 0.3 is 0 Å².